The molecule has 0 aliphatic carbocycles. The molecular formula is C32H40N2O2Si. The van der Waals surface area contributed by atoms with Crippen molar-refractivity contribution < 1.29 is 10.2 Å². The van der Waals surface area contributed by atoms with E-state index in [0.29, 0.717) is 6.42 Å². The highest BCUT2D eigenvalue weighted by Gasteiger charge is 2.38. The average molecular weight is 513 g/mol. The lowest BCUT2D eigenvalue weighted by molar-refractivity contribution is 0.290. The van der Waals surface area contributed by atoms with Crippen molar-refractivity contribution in [1.29, 1.82) is 0 Å². The summed E-state index contributed by atoms with van der Waals surface area (Å²) in [5.74, 6) is 1.94. The van der Waals surface area contributed by atoms with Gasteiger partial charge in [0.25, 0.3) is 0 Å². The number of hydrogen-bond donors (Lipinski definition) is 3. The predicted octanol–water partition coefficient (Wildman–Crippen LogP) is 4.73. The van der Waals surface area contributed by atoms with Gasteiger partial charge in [-0.3, -0.25) is 0 Å². The highest BCUT2D eigenvalue weighted by molar-refractivity contribution is 6.90. The van der Waals surface area contributed by atoms with E-state index in [4.69, 9.17) is 0 Å². The summed E-state index contributed by atoms with van der Waals surface area (Å²) in [6.07, 6.45) is 2.70. The average Bonchev–Trinajstić information content (AvgIpc) is 3.50. The van der Waals surface area contributed by atoms with Crippen LogP contribution in [0.15, 0.2) is 78.9 Å². The fourth-order valence-electron chi connectivity index (χ4n) is 6.27. The van der Waals surface area contributed by atoms with E-state index in [1.165, 1.54) is 59.8 Å². The lowest BCUT2D eigenvalue weighted by Crippen LogP contribution is -2.51. The van der Waals surface area contributed by atoms with Crippen molar-refractivity contribution in [3.8, 4) is 5.75 Å². The third kappa shape index (κ3) is 5.91. The normalized spacial score (nSPS) is 20.6. The minimum absolute atomic E-state index is 0.159. The van der Waals surface area contributed by atoms with Gasteiger partial charge in [-0.1, -0.05) is 85.0 Å². The number of benzene rings is 3. The summed E-state index contributed by atoms with van der Waals surface area (Å²) < 4.78 is 0. The van der Waals surface area contributed by atoms with Gasteiger partial charge in [0, 0.05) is 19.7 Å². The van der Waals surface area contributed by atoms with Gasteiger partial charge in [-0.05, 0) is 83.9 Å². The molecule has 3 N–H and O–H groups in total. The number of allylic oxidation sites excluding steroid dienone is 1. The van der Waals surface area contributed by atoms with Crippen LogP contribution in [-0.2, 0) is 0 Å². The van der Waals surface area contributed by atoms with Crippen LogP contribution in [-0.4, -0.2) is 62.1 Å². The number of rotatable bonds is 9. The Morgan fingerprint density at radius 2 is 1.43 bits per heavy atom. The second-order valence-corrected chi connectivity index (χ2v) is 16.1. The van der Waals surface area contributed by atoms with E-state index in [1.54, 1.807) is 12.1 Å². The number of nitrogens with zero attached hydrogens (tertiary/aromatic N) is 1. The number of phenols is 1. The third-order valence-electron chi connectivity index (χ3n) is 8.20. The number of nitrogens with one attached hydrogen (secondary N) is 1. The molecular weight excluding hydrogens is 472 g/mol. The molecule has 3 aromatic rings. The van der Waals surface area contributed by atoms with Gasteiger partial charge < -0.3 is 20.4 Å². The Labute approximate surface area is 222 Å². The number of phenolic OH excluding ortho intramolecular Hbond substituents is 1. The van der Waals surface area contributed by atoms with E-state index in [2.05, 4.69) is 71.8 Å². The van der Waals surface area contributed by atoms with Crippen molar-refractivity contribution in [1.82, 2.24) is 10.2 Å². The second-order valence-electron chi connectivity index (χ2n) is 11.4. The molecule has 0 amide bonds. The predicted molar refractivity (Wildman–Crippen MR) is 157 cm³/mol. The Bertz CT molecular complexity index is 1190. The molecule has 3 aromatic carbocycles. The molecule has 0 spiro atoms. The van der Waals surface area contributed by atoms with Crippen LogP contribution in [0.3, 0.4) is 0 Å². The summed E-state index contributed by atoms with van der Waals surface area (Å²) in [5.41, 5.74) is 5.83. The van der Waals surface area contributed by atoms with Crippen molar-refractivity contribution in [2.75, 3.05) is 39.0 Å². The maximum Gasteiger partial charge on any atom is 0.115 e. The topological polar surface area (TPSA) is 55.7 Å². The summed E-state index contributed by atoms with van der Waals surface area (Å²) in [5, 5.41) is 24.7. The summed E-state index contributed by atoms with van der Waals surface area (Å²) >= 11 is 0. The monoisotopic (exact) mass is 512 g/mol. The van der Waals surface area contributed by atoms with Crippen LogP contribution in [0, 0.1) is 11.8 Å². The van der Waals surface area contributed by atoms with E-state index in [9.17, 15) is 10.2 Å². The van der Waals surface area contributed by atoms with Gasteiger partial charge in [-0.25, -0.2) is 0 Å². The van der Waals surface area contributed by atoms with Crippen molar-refractivity contribution >= 4 is 24.4 Å². The Kier molecular flexibility index (Phi) is 7.96. The summed E-state index contributed by atoms with van der Waals surface area (Å²) in [7, 11) is -1.63. The van der Waals surface area contributed by atoms with Crippen molar-refractivity contribution in [2.45, 2.75) is 25.9 Å². The SMILES string of the molecule is C[Si](C)(CN1C[C@H]2CNC[C@H]2C1)c1ccc(/C(=C(/CCCO)c2ccccc2)c2ccc(O)cc2)cc1. The zero-order chi connectivity index (χ0) is 25.8. The number of aliphatic hydroxyl groups is 1. The van der Waals surface area contributed by atoms with Gasteiger partial charge in [0.05, 0.1) is 8.07 Å². The van der Waals surface area contributed by atoms with Crippen LogP contribution in [0.1, 0.15) is 29.5 Å². The Morgan fingerprint density at radius 1 is 0.838 bits per heavy atom. The molecule has 5 heteroatoms. The molecule has 2 aliphatic rings. The molecule has 2 heterocycles. The lowest BCUT2D eigenvalue weighted by atomic mass is 9.87. The number of hydrogen-bond acceptors (Lipinski definition) is 4. The van der Waals surface area contributed by atoms with E-state index in [1.807, 2.05) is 18.2 Å². The molecule has 2 aliphatic heterocycles. The smallest absolute Gasteiger partial charge is 0.115 e. The molecule has 37 heavy (non-hydrogen) atoms. The molecule has 2 atom stereocenters. The Balaban J connectivity index is 1.48. The number of aromatic hydroxyl groups is 1. The quantitative estimate of drug-likeness (QED) is 0.287. The first kappa shape index (κ1) is 25.9. The van der Waals surface area contributed by atoms with Gasteiger partial charge in [-0.2, -0.15) is 0 Å². The maximum atomic E-state index is 9.95. The van der Waals surface area contributed by atoms with E-state index in [0.717, 1.165) is 23.8 Å². The zero-order valence-electron chi connectivity index (χ0n) is 22.2. The maximum absolute atomic E-state index is 9.95. The van der Waals surface area contributed by atoms with E-state index >= 15 is 0 Å². The first-order valence-corrected chi connectivity index (χ1v) is 16.9. The summed E-state index contributed by atoms with van der Waals surface area (Å²) in [6, 6.07) is 27.3. The van der Waals surface area contributed by atoms with Crippen molar-refractivity contribution in [3.05, 3.63) is 95.6 Å². The molecule has 0 saturated carbocycles. The molecule has 194 valence electrons. The third-order valence-corrected chi connectivity index (χ3v) is 11.3. The minimum Gasteiger partial charge on any atom is -0.508 e. The number of fused-ring (bicyclic) bond motifs is 1. The standard InChI is InChI=1S/C32H40N2O2Si/c1-37(2,23-34-21-27-19-33-20-28(27)22-34)30-16-12-26(13-17-30)32(25-10-14-29(36)15-11-25)31(9-6-18-35)24-7-4-3-5-8-24/h3-5,7-8,10-17,27-28,33,35-36H,6,9,18-23H2,1-2H3/b32-31-/t27-,28+. The molecule has 2 fully saturated rings. The van der Waals surface area contributed by atoms with Crippen LogP contribution in [0.2, 0.25) is 13.1 Å². The fourth-order valence-corrected chi connectivity index (χ4v) is 8.90. The second kappa shape index (κ2) is 11.4. The lowest BCUT2D eigenvalue weighted by Gasteiger charge is -2.30. The van der Waals surface area contributed by atoms with Crippen LogP contribution < -0.4 is 10.5 Å². The molecule has 0 unspecified atom stereocenters. The molecule has 0 bridgehead atoms. The highest BCUT2D eigenvalue weighted by atomic mass is 28.3. The molecule has 0 aromatic heterocycles. The summed E-state index contributed by atoms with van der Waals surface area (Å²) in [6.45, 7) is 10.0. The number of aliphatic hydroxyl groups excluding tert-OH is 1. The van der Waals surface area contributed by atoms with Crippen LogP contribution in [0.5, 0.6) is 5.75 Å². The first-order valence-electron chi connectivity index (χ1n) is 13.7. The first-order chi connectivity index (χ1) is 17.9. The largest absolute Gasteiger partial charge is 0.508 e. The van der Waals surface area contributed by atoms with Crippen LogP contribution in [0.4, 0.5) is 0 Å². The van der Waals surface area contributed by atoms with Gasteiger partial charge in [0.2, 0.25) is 0 Å². The Morgan fingerprint density at radius 3 is 2.03 bits per heavy atom. The minimum atomic E-state index is -1.63. The zero-order valence-corrected chi connectivity index (χ0v) is 23.2. The van der Waals surface area contributed by atoms with Gasteiger partial charge in [0.1, 0.15) is 5.75 Å². The van der Waals surface area contributed by atoms with Crippen molar-refractivity contribution in [2.24, 2.45) is 11.8 Å². The summed E-state index contributed by atoms with van der Waals surface area (Å²) in [4.78, 5) is 2.72. The molecule has 5 rings (SSSR count). The van der Waals surface area contributed by atoms with E-state index < -0.39 is 8.07 Å². The van der Waals surface area contributed by atoms with Crippen LogP contribution >= 0.6 is 0 Å². The van der Waals surface area contributed by atoms with Gasteiger partial charge in [-0.15, -0.1) is 0 Å². The van der Waals surface area contributed by atoms with Crippen molar-refractivity contribution in [3.63, 3.8) is 0 Å². The highest BCUT2D eigenvalue weighted by Crippen LogP contribution is 2.36. The Hall–Kier alpha value is -2.70. The number of likely N-dealkylation sites (tertiary alicyclic amines) is 1. The molecule has 0 radical (unpaired) electrons. The molecule has 4 nitrogen and oxygen atoms in total. The molecule has 2 saturated heterocycles. The van der Waals surface area contributed by atoms with Gasteiger partial charge in [0.15, 0.2) is 0 Å². The van der Waals surface area contributed by atoms with Gasteiger partial charge >= 0.3 is 0 Å². The fraction of sp³-hybridized carbons (Fsp3) is 0.375. The van der Waals surface area contributed by atoms with Crippen LogP contribution in [0.25, 0.3) is 11.1 Å². The van der Waals surface area contributed by atoms with E-state index in [-0.39, 0.29) is 12.4 Å².